The summed E-state index contributed by atoms with van der Waals surface area (Å²) in [6.45, 7) is 5.35. The second-order valence-electron chi connectivity index (χ2n) is 5.96. The van der Waals surface area contributed by atoms with Crippen LogP contribution in [0.3, 0.4) is 0 Å². The number of nitrogens with zero attached hydrogens (tertiary/aromatic N) is 1. The van der Waals surface area contributed by atoms with Crippen molar-refractivity contribution >= 4 is 29.1 Å². The smallest absolute Gasteiger partial charge is 0.232 e. The number of ether oxygens (including phenoxy) is 1. The minimum Gasteiger partial charge on any atom is -0.464 e. The first kappa shape index (κ1) is 15.2. The van der Waals surface area contributed by atoms with Crippen LogP contribution in [0.1, 0.15) is 37.8 Å². The lowest BCUT2D eigenvalue weighted by Crippen LogP contribution is -2.47. The average molecular weight is 332 g/mol. The molecule has 1 saturated heterocycles. The van der Waals surface area contributed by atoms with E-state index in [1.54, 1.807) is 4.90 Å². The van der Waals surface area contributed by atoms with Crippen LogP contribution >= 0.6 is 23.2 Å². The molecule has 6 heteroatoms. The molecule has 116 valence electrons. The first-order valence-electron chi connectivity index (χ1n) is 7.24. The Morgan fingerprint density at radius 1 is 1.48 bits per heavy atom. The molecule has 0 unspecified atom stereocenters. The van der Waals surface area contributed by atoms with Crippen LogP contribution in [0.4, 0.5) is 0 Å². The van der Waals surface area contributed by atoms with Gasteiger partial charge in [0.05, 0.1) is 18.6 Å². The minimum absolute atomic E-state index is 0.0183. The maximum atomic E-state index is 12.8. The van der Waals surface area contributed by atoms with Gasteiger partial charge in [0.2, 0.25) is 5.91 Å². The van der Waals surface area contributed by atoms with E-state index < -0.39 is 9.75 Å². The van der Waals surface area contributed by atoms with Gasteiger partial charge in [0.15, 0.2) is 0 Å². The summed E-state index contributed by atoms with van der Waals surface area (Å²) in [6.07, 6.45) is 1.32. The maximum absolute atomic E-state index is 12.8. The van der Waals surface area contributed by atoms with Crippen molar-refractivity contribution in [3.05, 3.63) is 23.7 Å². The molecule has 0 bridgehead atoms. The number of aryl methyl sites for hydroxylation is 1. The third-order valence-corrected chi connectivity index (χ3v) is 5.58. The van der Waals surface area contributed by atoms with Gasteiger partial charge >= 0.3 is 0 Å². The monoisotopic (exact) mass is 331 g/mol. The summed E-state index contributed by atoms with van der Waals surface area (Å²) in [5.74, 6) is 1.65. The zero-order chi connectivity index (χ0) is 15.3. The number of hydrogen-bond acceptors (Lipinski definition) is 3. The average Bonchev–Trinajstić information content (AvgIpc) is 2.83. The van der Waals surface area contributed by atoms with Gasteiger partial charge < -0.3 is 14.1 Å². The molecule has 4 nitrogen and oxygen atoms in total. The Hall–Kier alpha value is -0.710. The number of morpholine rings is 1. The SMILES string of the molecule is CCc1ccc([C@H]2COCCN2C(=O)[C@]2(C)CC2(Cl)Cl)o1. The number of furan rings is 1. The zero-order valence-corrected chi connectivity index (χ0v) is 13.7. The first-order valence-corrected chi connectivity index (χ1v) is 8.00. The van der Waals surface area contributed by atoms with Gasteiger partial charge in [0.1, 0.15) is 21.9 Å². The third kappa shape index (κ3) is 2.47. The number of halogens is 2. The largest absolute Gasteiger partial charge is 0.464 e. The second-order valence-corrected chi connectivity index (χ2v) is 7.44. The molecule has 3 rings (SSSR count). The highest BCUT2D eigenvalue weighted by molar-refractivity contribution is 6.53. The van der Waals surface area contributed by atoms with Crippen molar-refractivity contribution in [2.24, 2.45) is 5.41 Å². The Balaban J connectivity index is 1.83. The predicted octanol–water partition coefficient (Wildman–Crippen LogP) is 3.33. The lowest BCUT2D eigenvalue weighted by Gasteiger charge is -2.36. The van der Waals surface area contributed by atoms with Gasteiger partial charge in [-0.1, -0.05) is 6.92 Å². The van der Waals surface area contributed by atoms with Crippen LogP contribution in [-0.4, -0.2) is 34.9 Å². The lowest BCUT2D eigenvalue weighted by molar-refractivity contribution is -0.146. The molecule has 1 aromatic rings. The second kappa shape index (κ2) is 5.18. The van der Waals surface area contributed by atoms with Crippen LogP contribution in [0.5, 0.6) is 0 Å². The molecule has 0 aromatic carbocycles. The molecule has 2 atom stereocenters. The Bertz CT molecular complexity index is 557. The highest BCUT2D eigenvalue weighted by Gasteiger charge is 2.69. The molecule has 2 fully saturated rings. The molecule has 21 heavy (non-hydrogen) atoms. The van der Waals surface area contributed by atoms with Crippen molar-refractivity contribution in [1.29, 1.82) is 0 Å². The van der Waals surface area contributed by atoms with Crippen molar-refractivity contribution < 1.29 is 13.9 Å². The predicted molar refractivity (Wildman–Crippen MR) is 80.5 cm³/mol. The van der Waals surface area contributed by atoms with Crippen LogP contribution in [0, 0.1) is 5.41 Å². The molecule has 1 aliphatic carbocycles. The first-order chi connectivity index (χ1) is 9.89. The molecule has 0 spiro atoms. The molecule has 2 heterocycles. The topological polar surface area (TPSA) is 42.7 Å². The summed E-state index contributed by atoms with van der Waals surface area (Å²) >= 11 is 12.3. The lowest BCUT2D eigenvalue weighted by atomic mass is 10.0. The van der Waals surface area contributed by atoms with Crippen LogP contribution in [0.2, 0.25) is 0 Å². The summed E-state index contributed by atoms with van der Waals surface area (Å²) in [5.41, 5.74) is -0.702. The van der Waals surface area contributed by atoms with Crippen LogP contribution in [-0.2, 0) is 16.0 Å². The molecule has 0 radical (unpaired) electrons. The van der Waals surface area contributed by atoms with E-state index >= 15 is 0 Å². The van der Waals surface area contributed by atoms with E-state index in [4.69, 9.17) is 32.4 Å². The highest BCUT2D eigenvalue weighted by atomic mass is 35.5. The number of carbonyl (C=O) groups excluding carboxylic acids is 1. The van der Waals surface area contributed by atoms with Crippen molar-refractivity contribution in [1.82, 2.24) is 4.90 Å². The van der Waals surface area contributed by atoms with Crippen molar-refractivity contribution in [2.75, 3.05) is 19.8 Å². The molecule has 1 amide bonds. The Morgan fingerprint density at radius 2 is 2.19 bits per heavy atom. The minimum atomic E-state index is -0.954. The fourth-order valence-corrected chi connectivity index (χ4v) is 3.49. The van der Waals surface area contributed by atoms with E-state index in [-0.39, 0.29) is 11.9 Å². The number of carbonyl (C=O) groups is 1. The summed E-state index contributed by atoms with van der Waals surface area (Å²) in [7, 11) is 0. The van der Waals surface area contributed by atoms with E-state index in [0.29, 0.717) is 26.2 Å². The van der Waals surface area contributed by atoms with E-state index in [0.717, 1.165) is 17.9 Å². The van der Waals surface area contributed by atoms with Crippen molar-refractivity contribution in [3.63, 3.8) is 0 Å². The summed E-state index contributed by atoms with van der Waals surface area (Å²) in [5, 5.41) is 0. The summed E-state index contributed by atoms with van der Waals surface area (Å²) in [6, 6.07) is 3.66. The molecular formula is C15H19Cl2NO3. The standard InChI is InChI=1S/C15H19Cl2NO3/c1-3-10-4-5-12(21-10)11-8-20-7-6-18(11)13(19)14(2)9-15(14,16)17/h4-5,11H,3,6-9H2,1-2H3/t11-,14+/m1/s1. The summed E-state index contributed by atoms with van der Waals surface area (Å²) in [4.78, 5) is 14.6. The fraction of sp³-hybridized carbons (Fsp3) is 0.667. The van der Waals surface area contributed by atoms with Crippen LogP contribution < -0.4 is 0 Å². The van der Waals surface area contributed by atoms with Crippen LogP contribution in [0.25, 0.3) is 0 Å². The van der Waals surface area contributed by atoms with Crippen LogP contribution in [0.15, 0.2) is 16.5 Å². The van der Waals surface area contributed by atoms with Gasteiger partial charge in [-0.15, -0.1) is 23.2 Å². The highest BCUT2D eigenvalue weighted by Crippen LogP contribution is 2.64. The fourth-order valence-electron chi connectivity index (χ4n) is 2.79. The van der Waals surface area contributed by atoms with Gasteiger partial charge in [0, 0.05) is 13.0 Å². The third-order valence-electron chi connectivity index (χ3n) is 4.48. The Labute approximate surface area is 134 Å². The Kier molecular flexibility index (Phi) is 3.75. The number of alkyl halides is 2. The number of rotatable bonds is 3. The van der Waals surface area contributed by atoms with Gasteiger partial charge in [-0.3, -0.25) is 4.79 Å². The molecule has 1 saturated carbocycles. The molecule has 1 aliphatic heterocycles. The van der Waals surface area contributed by atoms with E-state index in [1.165, 1.54) is 0 Å². The maximum Gasteiger partial charge on any atom is 0.232 e. The van der Waals surface area contributed by atoms with E-state index in [9.17, 15) is 4.79 Å². The van der Waals surface area contributed by atoms with Crippen molar-refractivity contribution in [2.45, 2.75) is 37.1 Å². The number of amides is 1. The normalized spacial score (nSPS) is 31.2. The van der Waals surface area contributed by atoms with Gasteiger partial charge in [-0.2, -0.15) is 0 Å². The summed E-state index contributed by atoms with van der Waals surface area (Å²) < 4.78 is 10.4. The molecule has 2 aliphatic rings. The van der Waals surface area contributed by atoms with E-state index in [2.05, 4.69) is 0 Å². The van der Waals surface area contributed by atoms with Gasteiger partial charge in [-0.25, -0.2) is 0 Å². The van der Waals surface area contributed by atoms with E-state index in [1.807, 2.05) is 26.0 Å². The quantitative estimate of drug-likeness (QED) is 0.798. The molecule has 0 N–H and O–H groups in total. The molecular weight excluding hydrogens is 313 g/mol. The number of hydrogen-bond donors (Lipinski definition) is 0. The Morgan fingerprint density at radius 3 is 2.76 bits per heavy atom. The zero-order valence-electron chi connectivity index (χ0n) is 12.2. The van der Waals surface area contributed by atoms with Gasteiger partial charge in [0.25, 0.3) is 0 Å². The molecule has 1 aromatic heterocycles. The van der Waals surface area contributed by atoms with Gasteiger partial charge in [-0.05, 0) is 25.5 Å². The van der Waals surface area contributed by atoms with Crippen molar-refractivity contribution in [3.8, 4) is 0 Å².